The van der Waals surface area contributed by atoms with Crippen LogP contribution in [0.2, 0.25) is 5.15 Å². The van der Waals surface area contributed by atoms with E-state index in [0.717, 1.165) is 38.5 Å². The molecule has 1 aromatic rings. The monoisotopic (exact) mass is 509 g/mol. The van der Waals surface area contributed by atoms with Crippen LogP contribution in [0.1, 0.15) is 69.7 Å². The van der Waals surface area contributed by atoms with Gasteiger partial charge in [0.2, 0.25) is 0 Å². The molecule has 0 aromatic carbocycles. The number of pyridine rings is 1. The zero-order chi connectivity index (χ0) is 25.6. The van der Waals surface area contributed by atoms with E-state index < -0.39 is 17.8 Å². The van der Waals surface area contributed by atoms with Gasteiger partial charge in [-0.2, -0.15) is 0 Å². The lowest BCUT2D eigenvalue weighted by Crippen LogP contribution is -2.45. The minimum Gasteiger partial charge on any atom is -0.453 e. The van der Waals surface area contributed by atoms with Crippen LogP contribution >= 0.6 is 11.6 Å². The minimum absolute atomic E-state index is 0.0141. The maximum Gasteiger partial charge on any atom is 0.407 e. The quantitative estimate of drug-likeness (QED) is 0.410. The molecule has 0 radical (unpaired) electrons. The first-order valence-electron chi connectivity index (χ1n) is 12.1. The third kappa shape index (κ3) is 8.45. The van der Waals surface area contributed by atoms with Crippen molar-refractivity contribution < 1.29 is 23.9 Å². The van der Waals surface area contributed by atoms with Crippen molar-refractivity contribution in [2.45, 2.75) is 83.0 Å². The molecule has 3 rings (SSSR count). The Morgan fingerprint density at radius 1 is 1.03 bits per heavy atom. The number of alkyl carbamates (subject to hydrolysis) is 2. The van der Waals surface area contributed by atoms with E-state index in [1.54, 1.807) is 6.07 Å². The molecule has 0 spiro atoms. The fourth-order valence-corrected chi connectivity index (χ4v) is 4.55. The number of nitrogens with zero attached hydrogens (tertiary/aromatic N) is 1. The second kappa shape index (κ2) is 11.8. The van der Waals surface area contributed by atoms with Crippen LogP contribution in [0, 0.1) is 5.92 Å². The van der Waals surface area contributed by atoms with Crippen LogP contribution < -0.4 is 21.3 Å². The van der Waals surface area contributed by atoms with Crippen LogP contribution in [0.15, 0.2) is 12.3 Å². The number of hydrogen-bond donors (Lipinski definition) is 4. The third-order valence-electron chi connectivity index (χ3n) is 6.21. The van der Waals surface area contributed by atoms with Crippen LogP contribution in [-0.4, -0.2) is 60.5 Å². The first-order valence-corrected chi connectivity index (χ1v) is 12.4. The van der Waals surface area contributed by atoms with E-state index in [4.69, 9.17) is 16.3 Å². The number of anilines is 1. The summed E-state index contributed by atoms with van der Waals surface area (Å²) in [6, 6.07) is 1.89. The molecule has 2 saturated carbocycles. The maximum absolute atomic E-state index is 13.0. The number of nitrogens with one attached hydrogen (secondary N) is 4. The summed E-state index contributed by atoms with van der Waals surface area (Å²) in [4.78, 5) is 40.4. The number of rotatable bonds is 7. The summed E-state index contributed by atoms with van der Waals surface area (Å²) in [5, 5.41) is 12.4. The zero-order valence-corrected chi connectivity index (χ0v) is 21.5. The SMILES string of the molecule is COC(=O)NC[C@H]1C[C@H](Nc2cc(Cl)ncc2C(=O)N[C@H]2CC[C@H](NC(=O)OC(C)(C)C)CC2)C1. The van der Waals surface area contributed by atoms with Gasteiger partial charge in [-0.05, 0) is 71.3 Å². The lowest BCUT2D eigenvalue weighted by molar-refractivity contribution is 0.0488. The normalized spacial score (nSPS) is 23.9. The van der Waals surface area contributed by atoms with E-state index in [9.17, 15) is 14.4 Å². The third-order valence-corrected chi connectivity index (χ3v) is 6.42. The molecule has 0 unspecified atom stereocenters. The van der Waals surface area contributed by atoms with Gasteiger partial charge in [-0.1, -0.05) is 11.6 Å². The molecule has 0 bridgehead atoms. The summed E-state index contributed by atoms with van der Waals surface area (Å²) >= 11 is 6.10. The molecule has 0 saturated heterocycles. The number of halogens is 1. The molecule has 10 nitrogen and oxygen atoms in total. The van der Waals surface area contributed by atoms with Crippen LogP contribution in [-0.2, 0) is 9.47 Å². The van der Waals surface area contributed by atoms with Gasteiger partial charge in [0, 0.05) is 30.9 Å². The van der Waals surface area contributed by atoms with Crippen LogP contribution in [0.5, 0.6) is 0 Å². The summed E-state index contributed by atoms with van der Waals surface area (Å²) < 4.78 is 9.92. The Morgan fingerprint density at radius 2 is 1.66 bits per heavy atom. The Labute approximate surface area is 211 Å². The molecule has 2 fully saturated rings. The van der Waals surface area contributed by atoms with Gasteiger partial charge in [-0.25, -0.2) is 14.6 Å². The van der Waals surface area contributed by atoms with Crippen molar-refractivity contribution in [2.24, 2.45) is 5.92 Å². The highest BCUT2D eigenvalue weighted by Gasteiger charge is 2.31. The standard InChI is InChI=1S/C24H36ClN5O5/c1-24(2,3)35-23(33)30-16-7-5-15(6-8-16)29-21(31)18-13-26-20(25)11-19(18)28-17-9-14(10-17)12-27-22(32)34-4/h11,13-17H,5-10,12H2,1-4H3,(H,26,28)(H,27,32)(H,29,31)(H,30,33)/t14-,15-,16-,17-. The van der Waals surface area contributed by atoms with E-state index in [1.165, 1.54) is 13.3 Å². The molecule has 1 aromatic heterocycles. The van der Waals surface area contributed by atoms with Crippen molar-refractivity contribution in [3.8, 4) is 0 Å². The van der Waals surface area contributed by atoms with Crippen LogP contribution in [0.4, 0.5) is 15.3 Å². The number of hydrogen-bond acceptors (Lipinski definition) is 7. The Hall–Kier alpha value is -2.75. The maximum atomic E-state index is 13.0. The van der Waals surface area contributed by atoms with Gasteiger partial charge in [0.15, 0.2) is 0 Å². The fourth-order valence-electron chi connectivity index (χ4n) is 4.39. The Bertz CT molecular complexity index is 908. The summed E-state index contributed by atoms with van der Waals surface area (Å²) in [6.45, 7) is 6.05. The van der Waals surface area contributed by atoms with Gasteiger partial charge >= 0.3 is 12.2 Å². The van der Waals surface area contributed by atoms with Gasteiger partial charge < -0.3 is 30.7 Å². The molecule has 3 amide bonds. The number of carbonyl (C=O) groups is 3. The van der Waals surface area contributed by atoms with E-state index >= 15 is 0 Å². The van der Waals surface area contributed by atoms with Crippen molar-refractivity contribution >= 4 is 35.4 Å². The van der Waals surface area contributed by atoms with E-state index in [0.29, 0.717) is 28.9 Å². The van der Waals surface area contributed by atoms with Gasteiger partial charge in [-0.3, -0.25) is 4.79 Å². The van der Waals surface area contributed by atoms with E-state index in [-0.39, 0.29) is 24.0 Å². The summed E-state index contributed by atoms with van der Waals surface area (Å²) in [5.74, 6) is 0.147. The Kier molecular flexibility index (Phi) is 9.04. The summed E-state index contributed by atoms with van der Waals surface area (Å²) in [5.41, 5.74) is 0.556. The molecule has 0 aliphatic heterocycles. The van der Waals surface area contributed by atoms with Crippen LogP contribution in [0.25, 0.3) is 0 Å². The fraction of sp³-hybridized carbons (Fsp3) is 0.667. The number of aromatic nitrogens is 1. The van der Waals surface area contributed by atoms with Crippen molar-refractivity contribution in [1.29, 1.82) is 0 Å². The summed E-state index contributed by atoms with van der Waals surface area (Å²) in [7, 11) is 1.34. The summed E-state index contributed by atoms with van der Waals surface area (Å²) in [6.07, 6.45) is 5.41. The van der Waals surface area contributed by atoms with Crippen molar-refractivity contribution in [3.05, 3.63) is 23.0 Å². The van der Waals surface area contributed by atoms with Gasteiger partial charge in [0.1, 0.15) is 10.8 Å². The molecule has 2 aliphatic carbocycles. The Balaban J connectivity index is 1.47. The highest BCUT2D eigenvalue weighted by molar-refractivity contribution is 6.29. The molecular formula is C24H36ClN5O5. The van der Waals surface area contributed by atoms with Gasteiger partial charge in [0.05, 0.1) is 18.4 Å². The molecule has 35 heavy (non-hydrogen) atoms. The highest BCUT2D eigenvalue weighted by atomic mass is 35.5. The predicted molar refractivity (Wildman–Crippen MR) is 133 cm³/mol. The number of methoxy groups -OCH3 is 1. The molecular weight excluding hydrogens is 474 g/mol. The van der Waals surface area contributed by atoms with Gasteiger partial charge in [0.25, 0.3) is 5.91 Å². The average molecular weight is 510 g/mol. The number of ether oxygens (including phenoxy) is 2. The van der Waals surface area contributed by atoms with Crippen molar-refractivity contribution in [3.63, 3.8) is 0 Å². The molecule has 2 aliphatic rings. The smallest absolute Gasteiger partial charge is 0.407 e. The second-order valence-electron chi connectivity index (χ2n) is 10.3. The zero-order valence-electron chi connectivity index (χ0n) is 20.8. The topological polar surface area (TPSA) is 131 Å². The molecule has 4 N–H and O–H groups in total. The van der Waals surface area contributed by atoms with Crippen molar-refractivity contribution in [1.82, 2.24) is 20.9 Å². The van der Waals surface area contributed by atoms with Gasteiger partial charge in [-0.15, -0.1) is 0 Å². The first-order chi connectivity index (χ1) is 16.5. The minimum atomic E-state index is -0.534. The van der Waals surface area contributed by atoms with E-state index in [1.807, 2.05) is 20.8 Å². The predicted octanol–water partition coefficient (Wildman–Crippen LogP) is 3.85. The number of amides is 3. The Morgan fingerprint density at radius 3 is 2.26 bits per heavy atom. The van der Waals surface area contributed by atoms with Crippen LogP contribution in [0.3, 0.4) is 0 Å². The van der Waals surface area contributed by atoms with Crippen molar-refractivity contribution in [2.75, 3.05) is 19.0 Å². The molecule has 11 heteroatoms. The number of carbonyl (C=O) groups excluding carboxylic acids is 3. The second-order valence-corrected chi connectivity index (χ2v) is 10.7. The largest absolute Gasteiger partial charge is 0.453 e. The lowest BCUT2D eigenvalue weighted by atomic mass is 9.80. The molecule has 1 heterocycles. The molecule has 0 atom stereocenters. The van der Waals surface area contributed by atoms with E-state index in [2.05, 4.69) is 31.0 Å². The highest BCUT2D eigenvalue weighted by Crippen LogP contribution is 2.31. The average Bonchev–Trinajstić information content (AvgIpc) is 2.75. The lowest BCUT2D eigenvalue weighted by Gasteiger charge is -2.37. The first kappa shape index (κ1) is 26.8. The molecule has 194 valence electrons.